The molecule has 0 N–H and O–H groups in total. The van der Waals surface area contributed by atoms with Crippen LogP contribution < -0.4 is 0 Å². The summed E-state index contributed by atoms with van der Waals surface area (Å²) in [5, 5.41) is 4.22. The van der Waals surface area contributed by atoms with Gasteiger partial charge in [-0.05, 0) is 25.7 Å². The fraction of sp³-hybridized carbons (Fsp3) is 0.667. The summed E-state index contributed by atoms with van der Waals surface area (Å²) >= 11 is 0. The molecule has 0 bridgehead atoms. The Morgan fingerprint density at radius 1 is 1.56 bits per heavy atom. The molecular weight excluding hydrogens is 202 g/mol. The molecule has 0 spiro atoms. The van der Waals surface area contributed by atoms with Gasteiger partial charge in [-0.1, -0.05) is 6.92 Å². The lowest BCUT2D eigenvalue weighted by atomic mass is 9.99. The topological polar surface area (TPSA) is 38.1 Å². The predicted octanol–water partition coefficient (Wildman–Crippen LogP) is 1.60. The Morgan fingerprint density at radius 3 is 2.88 bits per heavy atom. The number of aryl methyl sites for hydroxylation is 2. The van der Waals surface area contributed by atoms with Crippen LogP contribution in [-0.4, -0.2) is 33.7 Å². The van der Waals surface area contributed by atoms with Crippen LogP contribution in [0.25, 0.3) is 0 Å². The zero-order valence-electron chi connectivity index (χ0n) is 10.2. The molecule has 1 amide bonds. The molecule has 0 saturated carbocycles. The van der Waals surface area contributed by atoms with Gasteiger partial charge >= 0.3 is 0 Å². The third kappa shape index (κ3) is 2.10. The van der Waals surface area contributed by atoms with Crippen LogP contribution in [0.2, 0.25) is 0 Å². The molecule has 1 fully saturated rings. The van der Waals surface area contributed by atoms with Crippen LogP contribution in [0.15, 0.2) is 6.20 Å². The summed E-state index contributed by atoms with van der Waals surface area (Å²) < 4.78 is 1.70. The smallest absolute Gasteiger partial charge is 0.257 e. The molecule has 16 heavy (non-hydrogen) atoms. The van der Waals surface area contributed by atoms with Crippen LogP contribution in [0.1, 0.15) is 35.8 Å². The van der Waals surface area contributed by atoms with Crippen molar-refractivity contribution in [1.29, 1.82) is 0 Å². The maximum Gasteiger partial charge on any atom is 0.257 e. The molecule has 1 atom stereocenters. The molecule has 1 aromatic rings. The van der Waals surface area contributed by atoms with E-state index in [9.17, 15) is 4.79 Å². The molecule has 1 aliphatic rings. The van der Waals surface area contributed by atoms with Crippen molar-refractivity contribution in [2.75, 3.05) is 13.1 Å². The first kappa shape index (κ1) is 11.2. The number of likely N-dealkylation sites (tertiary alicyclic amines) is 1. The molecule has 0 radical (unpaired) electrons. The highest BCUT2D eigenvalue weighted by atomic mass is 16.2. The van der Waals surface area contributed by atoms with Gasteiger partial charge in [0.1, 0.15) is 0 Å². The Hall–Kier alpha value is -1.32. The van der Waals surface area contributed by atoms with Crippen LogP contribution >= 0.6 is 0 Å². The fourth-order valence-corrected chi connectivity index (χ4v) is 2.35. The highest BCUT2D eigenvalue weighted by Gasteiger charge is 2.24. The largest absolute Gasteiger partial charge is 0.338 e. The van der Waals surface area contributed by atoms with Crippen molar-refractivity contribution < 1.29 is 4.79 Å². The number of carbonyl (C=O) groups excluding carboxylic acids is 1. The lowest BCUT2D eigenvalue weighted by Gasteiger charge is -2.30. The first-order valence-corrected chi connectivity index (χ1v) is 5.87. The summed E-state index contributed by atoms with van der Waals surface area (Å²) in [4.78, 5) is 14.2. The molecule has 0 aromatic carbocycles. The van der Waals surface area contributed by atoms with Gasteiger partial charge < -0.3 is 4.90 Å². The minimum atomic E-state index is 0.136. The molecule has 4 heteroatoms. The van der Waals surface area contributed by atoms with Crippen molar-refractivity contribution in [2.45, 2.75) is 26.7 Å². The average Bonchev–Trinajstić information content (AvgIpc) is 2.57. The molecule has 1 aromatic heterocycles. The zero-order valence-corrected chi connectivity index (χ0v) is 10.2. The Balaban J connectivity index is 2.15. The molecule has 1 aliphatic heterocycles. The third-order valence-corrected chi connectivity index (χ3v) is 3.19. The Kier molecular flexibility index (Phi) is 2.99. The van der Waals surface area contributed by atoms with E-state index in [1.165, 1.54) is 6.42 Å². The maximum absolute atomic E-state index is 12.3. The van der Waals surface area contributed by atoms with E-state index in [1.54, 1.807) is 4.68 Å². The molecule has 2 rings (SSSR count). The van der Waals surface area contributed by atoms with E-state index in [4.69, 9.17) is 0 Å². The zero-order chi connectivity index (χ0) is 11.7. The molecule has 4 nitrogen and oxygen atoms in total. The summed E-state index contributed by atoms with van der Waals surface area (Å²) in [6.07, 6.45) is 4.17. The van der Waals surface area contributed by atoms with Gasteiger partial charge in [0.15, 0.2) is 0 Å². The van der Waals surface area contributed by atoms with Crippen molar-refractivity contribution in [3.8, 4) is 0 Å². The standard InChI is InChI=1S/C12H19N3O/c1-9-5-4-6-15(7-9)12(16)11-8-14(3)13-10(11)2/h8-9H,4-7H2,1-3H3/t9-/m1/s1. The number of piperidine rings is 1. The van der Waals surface area contributed by atoms with Gasteiger partial charge in [-0.2, -0.15) is 5.10 Å². The molecule has 2 heterocycles. The Labute approximate surface area is 96.2 Å². The molecule has 88 valence electrons. The minimum absolute atomic E-state index is 0.136. The van der Waals surface area contributed by atoms with E-state index in [0.29, 0.717) is 5.92 Å². The lowest BCUT2D eigenvalue weighted by Crippen LogP contribution is -2.39. The molecule has 0 aliphatic carbocycles. The van der Waals surface area contributed by atoms with Crippen LogP contribution in [0, 0.1) is 12.8 Å². The summed E-state index contributed by atoms with van der Waals surface area (Å²) in [7, 11) is 1.85. The van der Waals surface area contributed by atoms with Crippen LogP contribution in [0.4, 0.5) is 0 Å². The molecule has 0 unspecified atom stereocenters. The van der Waals surface area contributed by atoms with Gasteiger partial charge in [0.05, 0.1) is 11.3 Å². The number of rotatable bonds is 1. The number of hydrogen-bond donors (Lipinski definition) is 0. The van der Waals surface area contributed by atoms with E-state index in [0.717, 1.165) is 30.8 Å². The highest BCUT2D eigenvalue weighted by Crippen LogP contribution is 2.18. The van der Waals surface area contributed by atoms with E-state index in [-0.39, 0.29) is 5.91 Å². The van der Waals surface area contributed by atoms with Crippen LogP contribution in [0.3, 0.4) is 0 Å². The Morgan fingerprint density at radius 2 is 2.31 bits per heavy atom. The summed E-state index contributed by atoms with van der Waals surface area (Å²) in [6.45, 7) is 5.86. The van der Waals surface area contributed by atoms with E-state index in [2.05, 4.69) is 12.0 Å². The second-order valence-corrected chi connectivity index (χ2v) is 4.80. The fourth-order valence-electron chi connectivity index (χ4n) is 2.35. The van der Waals surface area contributed by atoms with Crippen LogP contribution in [-0.2, 0) is 7.05 Å². The van der Waals surface area contributed by atoms with E-state index in [1.807, 2.05) is 25.1 Å². The van der Waals surface area contributed by atoms with Crippen molar-refractivity contribution in [1.82, 2.24) is 14.7 Å². The van der Waals surface area contributed by atoms with Gasteiger partial charge in [0, 0.05) is 26.3 Å². The number of amides is 1. The van der Waals surface area contributed by atoms with Gasteiger partial charge in [0.2, 0.25) is 0 Å². The van der Waals surface area contributed by atoms with Crippen molar-refractivity contribution >= 4 is 5.91 Å². The monoisotopic (exact) mass is 221 g/mol. The predicted molar refractivity (Wildman–Crippen MR) is 62.2 cm³/mol. The third-order valence-electron chi connectivity index (χ3n) is 3.19. The van der Waals surface area contributed by atoms with E-state index < -0.39 is 0 Å². The SMILES string of the molecule is Cc1nn(C)cc1C(=O)N1CCC[C@@H](C)C1. The summed E-state index contributed by atoms with van der Waals surface area (Å²) in [6, 6.07) is 0. The summed E-state index contributed by atoms with van der Waals surface area (Å²) in [5.41, 5.74) is 1.57. The number of nitrogens with zero attached hydrogens (tertiary/aromatic N) is 3. The second kappa shape index (κ2) is 4.28. The normalized spacial score (nSPS) is 21.2. The highest BCUT2D eigenvalue weighted by molar-refractivity contribution is 5.95. The van der Waals surface area contributed by atoms with Crippen molar-refractivity contribution in [2.24, 2.45) is 13.0 Å². The minimum Gasteiger partial charge on any atom is -0.338 e. The summed E-state index contributed by atoms with van der Waals surface area (Å²) in [5.74, 6) is 0.756. The van der Waals surface area contributed by atoms with Crippen LogP contribution in [0.5, 0.6) is 0 Å². The first-order chi connectivity index (χ1) is 7.58. The second-order valence-electron chi connectivity index (χ2n) is 4.80. The quantitative estimate of drug-likeness (QED) is 0.722. The molecule has 1 saturated heterocycles. The number of aromatic nitrogens is 2. The maximum atomic E-state index is 12.3. The first-order valence-electron chi connectivity index (χ1n) is 5.87. The number of hydrogen-bond acceptors (Lipinski definition) is 2. The van der Waals surface area contributed by atoms with Crippen molar-refractivity contribution in [3.05, 3.63) is 17.5 Å². The van der Waals surface area contributed by atoms with E-state index >= 15 is 0 Å². The Bertz CT molecular complexity index is 397. The van der Waals surface area contributed by atoms with Crippen molar-refractivity contribution in [3.63, 3.8) is 0 Å². The average molecular weight is 221 g/mol. The van der Waals surface area contributed by atoms with Gasteiger partial charge in [-0.15, -0.1) is 0 Å². The lowest BCUT2D eigenvalue weighted by molar-refractivity contribution is 0.0682. The van der Waals surface area contributed by atoms with Gasteiger partial charge in [0.25, 0.3) is 5.91 Å². The molecular formula is C12H19N3O. The van der Waals surface area contributed by atoms with Gasteiger partial charge in [-0.25, -0.2) is 0 Å². The number of carbonyl (C=O) groups is 1. The van der Waals surface area contributed by atoms with Gasteiger partial charge in [-0.3, -0.25) is 9.48 Å².